The molecular weight excluding hydrogens is 348 g/mol. The van der Waals surface area contributed by atoms with Gasteiger partial charge in [-0.2, -0.15) is 0 Å². The van der Waals surface area contributed by atoms with Crippen LogP contribution in [0.25, 0.3) is 6.08 Å². The van der Waals surface area contributed by atoms with Crippen LogP contribution in [0.1, 0.15) is 41.3 Å². The van der Waals surface area contributed by atoms with Crippen molar-refractivity contribution >= 4 is 29.5 Å². The molecule has 0 saturated carbocycles. The number of carbonyl (C=O) groups is 2. The lowest BCUT2D eigenvalue weighted by atomic mass is 10.1. The van der Waals surface area contributed by atoms with Gasteiger partial charge in [0.05, 0.1) is 0 Å². The van der Waals surface area contributed by atoms with Gasteiger partial charge >= 0.3 is 0 Å². The second-order valence-electron chi connectivity index (χ2n) is 6.04. The Balaban J connectivity index is 2.21. The molecule has 2 aromatic carbocycles. The van der Waals surface area contributed by atoms with Crippen molar-refractivity contribution in [2.75, 3.05) is 6.54 Å². The zero-order valence-corrected chi connectivity index (χ0v) is 15.8. The van der Waals surface area contributed by atoms with E-state index in [1.807, 2.05) is 19.1 Å². The van der Waals surface area contributed by atoms with E-state index in [0.717, 1.165) is 24.0 Å². The fraction of sp³-hybridized carbons (Fsp3) is 0.238. The molecule has 0 bridgehead atoms. The van der Waals surface area contributed by atoms with Gasteiger partial charge in [-0.05, 0) is 49.2 Å². The van der Waals surface area contributed by atoms with Crippen molar-refractivity contribution in [2.24, 2.45) is 0 Å². The van der Waals surface area contributed by atoms with E-state index in [4.69, 9.17) is 11.6 Å². The minimum absolute atomic E-state index is 0.203. The number of aryl methyl sites for hydroxylation is 1. The zero-order chi connectivity index (χ0) is 18.9. The summed E-state index contributed by atoms with van der Waals surface area (Å²) >= 11 is 5.90. The van der Waals surface area contributed by atoms with Crippen molar-refractivity contribution in [3.8, 4) is 0 Å². The Morgan fingerprint density at radius 2 is 1.69 bits per heavy atom. The highest BCUT2D eigenvalue weighted by atomic mass is 35.5. The fourth-order valence-corrected chi connectivity index (χ4v) is 2.38. The maximum atomic E-state index is 12.5. The smallest absolute Gasteiger partial charge is 0.267 e. The number of nitrogens with one attached hydrogen (secondary N) is 2. The highest BCUT2D eigenvalue weighted by Crippen LogP contribution is 2.13. The number of benzene rings is 2. The van der Waals surface area contributed by atoms with Gasteiger partial charge in [0.15, 0.2) is 0 Å². The molecule has 2 N–H and O–H groups in total. The average molecular weight is 371 g/mol. The molecule has 0 heterocycles. The summed E-state index contributed by atoms with van der Waals surface area (Å²) in [4.78, 5) is 25.0. The van der Waals surface area contributed by atoms with Crippen LogP contribution in [0.4, 0.5) is 0 Å². The van der Waals surface area contributed by atoms with Crippen molar-refractivity contribution < 1.29 is 9.59 Å². The molecule has 0 fully saturated rings. The van der Waals surface area contributed by atoms with Crippen LogP contribution in [0, 0.1) is 6.92 Å². The third kappa shape index (κ3) is 6.05. The van der Waals surface area contributed by atoms with Crippen LogP contribution >= 0.6 is 11.6 Å². The second-order valence-corrected chi connectivity index (χ2v) is 6.48. The van der Waals surface area contributed by atoms with Gasteiger partial charge in [0, 0.05) is 17.1 Å². The number of carbonyl (C=O) groups excluding carboxylic acids is 2. The number of halogens is 1. The minimum Gasteiger partial charge on any atom is -0.351 e. The summed E-state index contributed by atoms with van der Waals surface area (Å²) < 4.78 is 0. The van der Waals surface area contributed by atoms with Crippen LogP contribution in [0.15, 0.2) is 54.2 Å². The van der Waals surface area contributed by atoms with E-state index >= 15 is 0 Å². The Kier molecular flexibility index (Phi) is 7.42. The van der Waals surface area contributed by atoms with E-state index < -0.39 is 0 Å². The molecule has 2 rings (SSSR count). The Hall–Kier alpha value is -2.59. The number of unbranched alkanes of at least 4 members (excludes halogenated alkanes) is 1. The standard InChI is InChI=1S/C21H23ClN2O2/c1-3-4-13-23-21(26)19(14-16-7-11-18(22)12-8-16)24-20(25)17-9-5-15(2)6-10-17/h5-12,14H,3-4,13H2,1-2H3,(H,23,26)(H,24,25). The molecule has 0 atom stereocenters. The number of hydrogen-bond donors (Lipinski definition) is 2. The average Bonchev–Trinajstić information content (AvgIpc) is 2.63. The molecule has 136 valence electrons. The first-order chi connectivity index (χ1) is 12.5. The molecule has 0 unspecified atom stereocenters. The first-order valence-electron chi connectivity index (χ1n) is 8.63. The molecule has 0 saturated heterocycles. The van der Waals surface area contributed by atoms with Crippen molar-refractivity contribution in [1.82, 2.24) is 10.6 Å². The van der Waals surface area contributed by atoms with Crippen molar-refractivity contribution in [1.29, 1.82) is 0 Å². The van der Waals surface area contributed by atoms with Crippen molar-refractivity contribution in [3.63, 3.8) is 0 Å². The quantitative estimate of drug-likeness (QED) is 0.562. The van der Waals surface area contributed by atoms with Crippen LogP contribution in [-0.2, 0) is 4.79 Å². The van der Waals surface area contributed by atoms with E-state index in [-0.39, 0.29) is 17.5 Å². The lowest BCUT2D eigenvalue weighted by Crippen LogP contribution is -2.35. The second kappa shape index (κ2) is 9.78. The molecule has 2 amide bonds. The van der Waals surface area contributed by atoms with Crippen molar-refractivity contribution in [3.05, 3.63) is 75.9 Å². The molecule has 2 aromatic rings. The Bertz CT molecular complexity index is 781. The normalized spacial score (nSPS) is 11.1. The van der Waals surface area contributed by atoms with E-state index in [1.165, 1.54) is 0 Å². The Morgan fingerprint density at radius 3 is 2.31 bits per heavy atom. The van der Waals surface area contributed by atoms with E-state index in [1.54, 1.807) is 42.5 Å². The van der Waals surface area contributed by atoms with Crippen LogP contribution in [0.3, 0.4) is 0 Å². The Labute approximate surface area is 159 Å². The molecule has 26 heavy (non-hydrogen) atoms. The molecular formula is C21H23ClN2O2. The predicted octanol–water partition coefficient (Wildman–Crippen LogP) is 4.34. The van der Waals surface area contributed by atoms with E-state index in [0.29, 0.717) is 17.1 Å². The third-order valence-corrected chi connectivity index (χ3v) is 4.06. The monoisotopic (exact) mass is 370 g/mol. The van der Waals surface area contributed by atoms with E-state index in [2.05, 4.69) is 17.6 Å². The fourth-order valence-electron chi connectivity index (χ4n) is 2.26. The summed E-state index contributed by atoms with van der Waals surface area (Å²) in [5, 5.41) is 6.16. The van der Waals surface area contributed by atoms with Crippen LogP contribution < -0.4 is 10.6 Å². The van der Waals surface area contributed by atoms with Crippen molar-refractivity contribution in [2.45, 2.75) is 26.7 Å². The summed E-state index contributed by atoms with van der Waals surface area (Å²) in [6, 6.07) is 14.2. The number of hydrogen-bond acceptors (Lipinski definition) is 2. The minimum atomic E-state index is -0.323. The van der Waals surface area contributed by atoms with Gasteiger partial charge in [0.25, 0.3) is 11.8 Å². The van der Waals surface area contributed by atoms with Crippen LogP contribution in [0.5, 0.6) is 0 Å². The maximum Gasteiger partial charge on any atom is 0.267 e. The first kappa shape index (κ1) is 19.7. The Morgan fingerprint density at radius 1 is 1.04 bits per heavy atom. The summed E-state index contributed by atoms with van der Waals surface area (Å²) in [6.07, 6.45) is 3.50. The van der Waals surface area contributed by atoms with Gasteiger partial charge in [-0.25, -0.2) is 0 Å². The number of rotatable bonds is 7. The predicted molar refractivity (Wildman–Crippen MR) is 106 cm³/mol. The third-order valence-electron chi connectivity index (χ3n) is 3.80. The lowest BCUT2D eigenvalue weighted by molar-refractivity contribution is -0.117. The van der Waals surface area contributed by atoms with Gasteiger partial charge in [-0.3, -0.25) is 9.59 Å². The molecule has 4 nitrogen and oxygen atoms in total. The molecule has 0 aromatic heterocycles. The SMILES string of the molecule is CCCCNC(=O)C(=Cc1ccc(Cl)cc1)NC(=O)c1ccc(C)cc1. The highest BCUT2D eigenvalue weighted by Gasteiger charge is 2.14. The van der Waals surface area contributed by atoms with Gasteiger partial charge < -0.3 is 10.6 Å². The molecule has 5 heteroatoms. The van der Waals surface area contributed by atoms with Crippen LogP contribution in [-0.4, -0.2) is 18.4 Å². The summed E-state index contributed by atoms with van der Waals surface area (Å²) in [7, 11) is 0. The van der Waals surface area contributed by atoms with Crippen LogP contribution in [0.2, 0.25) is 5.02 Å². The van der Waals surface area contributed by atoms with Gasteiger partial charge in [0.2, 0.25) is 0 Å². The zero-order valence-electron chi connectivity index (χ0n) is 15.0. The highest BCUT2D eigenvalue weighted by molar-refractivity contribution is 6.30. The van der Waals surface area contributed by atoms with Gasteiger partial charge in [-0.1, -0.05) is 54.8 Å². The van der Waals surface area contributed by atoms with Gasteiger partial charge in [0.1, 0.15) is 5.70 Å². The first-order valence-corrected chi connectivity index (χ1v) is 9.01. The maximum absolute atomic E-state index is 12.5. The topological polar surface area (TPSA) is 58.2 Å². The summed E-state index contributed by atoms with van der Waals surface area (Å²) in [5.41, 5.74) is 2.54. The van der Waals surface area contributed by atoms with E-state index in [9.17, 15) is 9.59 Å². The molecule has 0 aliphatic rings. The largest absolute Gasteiger partial charge is 0.351 e. The lowest BCUT2D eigenvalue weighted by Gasteiger charge is -2.11. The van der Waals surface area contributed by atoms with Gasteiger partial charge in [-0.15, -0.1) is 0 Å². The molecule has 0 aliphatic heterocycles. The summed E-state index contributed by atoms with van der Waals surface area (Å²) in [6.45, 7) is 4.57. The molecule has 0 radical (unpaired) electrons. The summed E-state index contributed by atoms with van der Waals surface area (Å²) in [5.74, 6) is -0.635. The molecule has 0 aliphatic carbocycles. The molecule has 0 spiro atoms. The number of amides is 2.